The van der Waals surface area contributed by atoms with Gasteiger partial charge in [0.25, 0.3) is 0 Å². The van der Waals surface area contributed by atoms with Crippen molar-refractivity contribution in [3.8, 4) is 17.1 Å². The number of hydrogen-bond donors (Lipinski definition) is 1. The zero-order valence-electron chi connectivity index (χ0n) is 17.4. The second-order valence-electron chi connectivity index (χ2n) is 6.92. The van der Waals surface area contributed by atoms with E-state index in [2.05, 4.69) is 15.5 Å². The van der Waals surface area contributed by atoms with Crippen LogP contribution in [-0.4, -0.2) is 33.5 Å². The first kappa shape index (κ1) is 21.6. The van der Waals surface area contributed by atoms with Crippen LogP contribution in [0.15, 0.2) is 84.0 Å². The molecule has 0 radical (unpaired) electrons. The van der Waals surface area contributed by atoms with Gasteiger partial charge in [-0.05, 0) is 42.0 Å². The van der Waals surface area contributed by atoms with Crippen molar-refractivity contribution in [3.63, 3.8) is 0 Å². The third-order valence-corrected chi connectivity index (χ3v) is 5.69. The van der Waals surface area contributed by atoms with Crippen molar-refractivity contribution in [2.45, 2.75) is 11.7 Å². The molecule has 4 aromatic rings. The van der Waals surface area contributed by atoms with Crippen LogP contribution in [0, 0.1) is 5.82 Å². The summed E-state index contributed by atoms with van der Waals surface area (Å²) in [5.74, 6) is 0.720. The quantitative estimate of drug-likeness (QED) is 0.390. The molecule has 0 saturated carbocycles. The van der Waals surface area contributed by atoms with E-state index in [1.54, 1.807) is 49.6 Å². The molecule has 0 aliphatic carbocycles. The lowest BCUT2D eigenvalue weighted by Gasteiger charge is -2.11. The first-order valence-electron chi connectivity index (χ1n) is 9.93. The number of carbonyl (C=O) groups excluding carboxylic acids is 1. The van der Waals surface area contributed by atoms with Gasteiger partial charge >= 0.3 is 0 Å². The van der Waals surface area contributed by atoms with E-state index in [0.717, 1.165) is 5.56 Å². The van der Waals surface area contributed by atoms with Crippen LogP contribution in [0.2, 0.25) is 0 Å². The minimum absolute atomic E-state index is 0.135. The Hall–Kier alpha value is -3.65. The number of hydrogen-bond acceptors (Lipinski definition) is 5. The highest BCUT2D eigenvalue weighted by molar-refractivity contribution is 7.99. The van der Waals surface area contributed by atoms with Gasteiger partial charge in [-0.15, -0.1) is 10.2 Å². The van der Waals surface area contributed by atoms with Crippen LogP contribution in [0.4, 0.5) is 10.1 Å². The Bertz CT molecular complexity index is 1200. The van der Waals surface area contributed by atoms with E-state index >= 15 is 0 Å². The maximum absolute atomic E-state index is 14.5. The van der Waals surface area contributed by atoms with E-state index < -0.39 is 0 Å². The SMILES string of the molecule is COc1ccc(NC(=O)CSc2nnc(-c3ccccc3F)n2Cc2ccccc2)cc1. The molecule has 0 unspecified atom stereocenters. The number of ether oxygens (including phenoxy) is 1. The molecule has 0 aliphatic rings. The summed E-state index contributed by atoms with van der Waals surface area (Å²) < 4.78 is 21.4. The van der Waals surface area contributed by atoms with Gasteiger partial charge in [-0.25, -0.2) is 4.39 Å². The number of methoxy groups -OCH3 is 1. The van der Waals surface area contributed by atoms with Gasteiger partial charge in [-0.3, -0.25) is 9.36 Å². The minimum Gasteiger partial charge on any atom is -0.497 e. The molecule has 6 nitrogen and oxygen atoms in total. The number of nitrogens with one attached hydrogen (secondary N) is 1. The summed E-state index contributed by atoms with van der Waals surface area (Å²) in [4.78, 5) is 12.5. The predicted octanol–water partition coefficient (Wildman–Crippen LogP) is 4.87. The Morgan fingerprint density at radius 1 is 1.00 bits per heavy atom. The van der Waals surface area contributed by atoms with Gasteiger partial charge in [-0.1, -0.05) is 54.2 Å². The molecule has 1 amide bonds. The van der Waals surface area contributed by atoms with Crippen molar-refractivity contribution < 1.29 is 13.9 Å². The highest BCUT2D eigenvalue weighted by Gasteiger charge is 2.18. The normalized spacial score (nSPS) is 10.7. The van der Waals surface area contributed by atoms with Gasteiger partial charge in [0.1, 0.15) is 11.6 Å². The van der Waals surface area contributed by atoms with E-state index in [9.17, 15) is 9.18 Å². The molecule has 162 valence electrons. The smallest absolute Gasteiger partial charge is 0.234 e. The molecule has 0 spiro atoms. The Morgan fingerprint density at radius 3 is 2.44 bits per heavy atom. The van der Waals surface area contributed by atoms with E-state index in [1.165, 1.54) is 17.8 Å². The lowest BCUT2D eigenvalue weighted by molar-refractivity contribution is -0.113. The zero-order valence-corrected chi connectivity index (χ0v) is 18.2. The van der Waals surface area contributed by atoms with Crippen LogP contribution in [0.5, 0.6) is 5.75 Å². The Labute approximate surface area is 189 Å². The number of anilines is 1. The Morgan fingerprint density at radius 2 is 1.72 bits per heavy atom. The number of carbonyl (C=O) groups is 1. The van der Waals surface area contributed by atoms with Crippen LogP contribution in [0.25, 0.3) is 11.4 Å². The molecule has 32 heavy (non-hydrogen) atoms. The molecular formula is C24H21FN4O2S. The van der Waals surface area contributed by atoms with E-state index in [0.29, 0.717) is 34.5 Å². The summed E-state index contributed by atoms with van der Waals surface area (Å²) in [5.41, 5.74) is 2.06. The van der Waals surface area contributed by atoms with Crippen LogP contribution in [0.1, 0.15) is 5.56 Å². The molecule has 4 rings (SSSR count). The zero-order chi connectivity index (χ0) is 22.3. The standard InChI is InChI=1S/C24H21FN4O2S/c1-31-19-13-11-18(12-14-19)26-22(30)16-32-24-28-27-23(20-9-5-6-10-21(20)25)29(24)15-17-7-3-2-4-8-17/h2-14H,15-16H2,1H3,(H,26,30). The third-order valence-electron chi connectivity index (χ3n) is 4.72. The second-order valence-corrected chi connectivity index (χ2v) is 7.87. The van der Waals surface area contributed by atoms with Gasteiger partial charge in [0, 0.05) is 5.69 Å². The van der Waals surface area contributed by atoms with Gasteiger partial charge in [0.05, 0.1) is 25.0 Å². The molecule has 1 N–H and O–H groups in total. The van der Waals surface area contributed by atoms with Gasteiger partial charge in [0.2, 0.25) is 5.91 Å². The monoisotopic (exact) mass is 448 g/mol. The summed E-state index contributed by atoms with van der Waals surface area (Å²) in [6.45, 7) is 0.458. The summed E-state index contributed by atoms with van der Waals surface area (Å²) >= 11 is 1.25. The number of benzene rings is 3. The van der Waals surface area contributed by atoms with Crippen LogP contribution in [0.3, 0.4) is 0 Å². The van der Waals surface area contributed by atoms with Crippen molar-refractivity contribution >= 4 is 23.4 Å². The second kappa shape index (κ2) is 10.1. The molecule has 0 saturated heterocycles. The number of rotatable bonds is 8. The minimum atomic E-state index is -0.372. The first-order valence-corrected chi connectivity index (χ1v) is 10.9. The van der Waals surface area contributed by atoms with E-state index in [1.807, 2.05) is 34.9 Å². The molecule has 3 aromatic carbocycles. The van der Waals surface area contributed by atoms with Crippen molar-refractivity contribution in [2.75, 3.05) is 18.2 Å². The maximum atomic E-state index is 14.5. The molecule has 0 atom stereocenters. The largest absolute Gasteiger partial charge is 0.497 e. The fourth-order valence-corrected chi connectivity index (χ4v) is 3.89. The third kappa shape index (κ3) is 5.15. The van der Waals surface area contributed by atoms with E-state index in [-0.39, 0.29) is 17.5 Å². The van der Waals surface area contributed by atoms with E-state index in [4.69, 9.17) is 4.74 Å². The molecule has 1 heterocycles. The Balaban J connectivity index is 1.53. The Kier molecular flexibility index (Phi) is 6.81. The fourth-order valence-electron chi connectivity index (χ4n) is 3.15. The predicted molar refractivity (Wildman–Crippen MR) is 123 cm³/mol. The average molecular weight is 449 g/mol. The van der Waals surface area contributed by atoms with Crippen molar-refractivity contribution in [1.29, 1.82) is 0 Å². The number of halogens is 1. The summed E-state index contributed by atoms with van der Waals surface area (Å²) in [6, 6.07) is 23.3. The summed E-state index contributed by atoms with van der Waals surface area (Å²) in [5, 5.41) is 11.9. The lowest BCUT2D eigenvalue weighted by Crippen LogP contribution is -2.14. The molecular weight excluding hydrogens is 427 g/mol. The number of aromatic nitrogens is 3. The highest BCUT2D eigenvalue weighted by atomic mass is 32.2. The first-order chi connectivity index (χ1) is 15.6. The topological polar surface area (TPSA) is 69.0 Å². The molecule has 0 aliphatic heterocycles. The average Bonchev–Trinajstić information content (AvgIpc) is 3.21. The number of amides is 1. The van der Waals surface area contributed by atoms with Crippen LogP contribution >= 0.6 is 11.8 Å². The van der Waals surface area contributed by atoms with Gasteiger partial charge in [-0.2, -0.15) is 0 Å². The van der Waals surface area contributed by atoms with Gasteiger partial charge in [0.15, 0.2) is 11.0 Å². The van der Waals surface area contributed by atoms with Crippen molar-refractivity contribution in [2.24, 2.45) is 0 Å². The summed E-state index contributed by atoms with van der Waals surface area (Å²) in [7, 11) is 1.59. The highest BCUT2D eigenvalue weighted by Crippen LogP contribution is 2.27. The molecule has 0 fully saturated rings. The molecule has 8 heteroatoms. The number of thioether (sulfide) groups is 1. The number of nitrogens with zero attached hydrogens (tertiary/aromatic N) is 3. The molecule has 1 aromatic heterocycles. The molecule has 0 bridgehead atoms. The van der Waals surface area contributed by atoms with Crippen LogP contribution in [-0.2, 0) is 11.3 Å². The van der Waals surface area contributed by atoms with Crippen molar-refractivity contribution in [3.05, 3.63) is 90.2 Å². The van der Waals surface area contributed by atoms with Gasteiger partial charge < -0.3 is 10.1 Å². The van der Waals surface area contributed by atoms with Crippen molar-refractivity contribution in [1.82, 2.24) is 14.8 Å². The maximum Gasteiger partial charge on any atom is 0.234 e. The van der Waals surface area contributed by atoms with Crippen LogP contribution < -0.4 is 10.1 Å². The lowest BCUT2D eigenvalue weighted by atomic mass is 10.2. The summed E-state index contributed by atoms with van der Waals surface area (Å²) in [6.07, 6.45) is 0. The fraction of sp³-hybridized carbons (Fsp3) is 0.125.